The fourth-order valence-corrected chi connectivity index (χ4v) is 2.43. The summed E-state index contributed by atoms with van der Waals surface area (Å²) in [6, 6.07) is 12.7. The van der Waals surface area contributed by atoms with Crippen LogP contribution in [0.15, 0.2) is 52.4 Å². The third kappa shape index (κ3) is 3.71. The molecule has 0 unspecified atom stereocenters. The maximum Gasteiger partial charge on any atom is 0.270 e. The highest BCUT2D eigenvalue weighted by molar-refractivity contribution is 5.81. The summed E-state index contributed by atoms with van der Waals surface area (Å²) in [5, 5.41) is 13.0. The molecule has 0 atom stereocenters. The molecule has 1 heterocycles. The summed E-state index contributed by atoms with van der Waals surface area (Å²) in [5.41, 5.74) is 2.39. The Morgan fingerprint density at radius 3 is 2.68 bits per heavy atom. The lowest BCUT2D eigenvalue weighted by molar-refractivity contribution is 0.359. The molecule has 9 heteroatoms. The number of hydrogen-bond acceptors (Lipinski definition) is 6. The van der Waals surface area contributed by atoms with Crippen LogP contribution in [0, 0.1) is 23.0 Å². The van der Waals surface area contributed by atoms with Crippen molar-refractivity contribution in [3.63, 3.8) is 0 Å². The number of hydrazone groups is 1. The first-order valence-corrected chi connectivity index (χ1v) is 7.96. The zero-order chi connectivity index (χ0) is 20.1. The van der Waals surface area contributed by atoms with E-state index in [0.29, 0.717) is 5.56 Å². The molecule has 0 saturated carbocycles. The van der Waals surface area contributed by atoms with Crippen LogP contribution in [0.2, 0.25) is 0 Å². The largest absolute Gasteiger partial charge is 0.491 e. The predicted molar refractivity (Wildman–Crippen MR) is 99.1 cm³/mol. The van der Waals surface area contributed by atoms with Gasteiger partial charge in [-0.15, -0.1) is 0 Å². The number of ether oxygens (including phenoxy) is 1. The Kier molecular flexibility index (Phi) is 5.41. The van der Waals surface area contributed by atoms with Crippen molar-refractivity contribution in [2.24, 2.45) is 5.10 Å². The highest BCUT2D eigenvalue weighted by Crippen LogP contribution is 2.23. The summed E-state index contributed by atoms with van der Waals surface area (Å²) in [7, 11) is 1.15. The number of methoxy groups -OCH3 is 1. The van der Waals surface area contributed by atoms with Crippen LogP contribution in [-0.4, -0.2) is 23.3 Å². The van der Waals surface area contributed by atoms with Crippen LogP contribution in [0.4, 0.5) is 14.7 Å². The van der Waals surface area contributed by atoms with Crippen LogP contribution < -0.4 is 15.7 Å². The highest BCUT2D eigenvalue weighted by atomic mass is 19.1. The lowest BCUT2D eigenvalue weighted by atomic mass is 10.1. The van der Waals surface area contributed by atoms with Crippen LogP contribution in [0.1, 0.15) is 11.1 Å². The number of aromatic amines is 1. The van der Waals surface area contributed by atoms with E-state index in [1.54, 1.807) is 30.3 Å². The summed E-state index contributed by atoms with van der Waals surface area (Å²) in [6.07, 6.45) is 1.08. The lowest BCUT2D eigenvalue weighted by Gasteiger charge is -2.07. The molecule has 0 amide bonds. The Bertz CT molecular complexity index is 1140. The topological polar surface area (TPSA) is 103 Å². The van der Waals surface area contributed by atoms with Gasteiger partial charge in [0.2, 0.25) is 5.95 Å². The standard InChI is InChI=1S/C19H13F2N5O2/c1-28-17-14(20)8-7-12(15(17)21)10-23-26-19-24-16(11-5-3-2-4-6-11)13(9-22)18(27)25-19/h2-8,10H,1H3,(H2,24,25,26,27). The Morgan fingerprint density at radius 2 is 2.00 bits per heavy atom. The van der Waals surface area contributed by atoms with E-state index in [2.05, 4.69) is 25.2 Å². The maximum atomic E-state index is 14.1. The van der Waals surface area contributed by atoms with Crippen molar-refractivity contribution in [2.45, 2.75) is 0 Å². The Morgan fingerprint density at radius 1 is 1.25 bits per heavy atom. The molecule has 0 aliphatic heterocycles. The first kappa shape index (κ1) is 18.7. The van der Waals surface area contributed by atoms with E-state index in [9.17, 15) is 18.8 Å². The van der Waals surface area contributed by atoms with Gasteiger partial charge in [-0.25, -0.2) is 19.2 Å². The Balaban J connectivity index is 1.92. The van der Waals surface area contributed by atoms with Crippen LogP contribution in [0.5, 0.6) is 5.75 Å². The van der Waals surface area contributed by atoms with Gasteiger partial charge in [0.25, 0.3) is 5.56 Å². The second kappa shape index (κ2) is 8.09. The van der Waals surface area contributed by atoms with Crippen LogP contribution >= 0.6 is 0 Å². The molecule has 2 N–H and O–H groups in total. The minimum atomic E-state index is -0.917. The molecule has 0 spiro atoms. The average Bonchev–Trinajstić information content (AvgIpc) is 2.70. The third-order valence-electron chi connectivity index (χ3n) is 3.74. The van der Waals surface area contributed by atoms with Crippen LogP contribution in [0.3, 0.4) is 0 Å². The summed E-state index contributed by atoms with van der Waals surface area (Å²) in [5.74, 6) is -2.33. The van der Waals surface area contributed by atoms with Crippen molar-refractivity contribution in [2.75, 3.05) is 12.5 Å². The molecule has 0 radical (unpaired) electrons. The number of halogens is 2. The van der Waals surface area contributed by atoms with Gasteiger partial charge in [-0.1, -0.05) is 30.3 Å². The summed E-state index contributed by atoms with van der Waals surface area (Å²) in [6.45, 7) is 0. The lowest BCUT2D eigenvalue weighted by Crippen LogP contribution is -2.16. The molecule has 0 aliphatic carbocycles. The number of anilines is 1. The van der Waals surface area contributed by atoms with Crippen molar-refractivity contribution in [1.82, 2.24) is 9.97 Å². The fraction of sp³-hybridized carbons (Fsp3) is 0.0526. The number of H-pyrrole nitrogens is 1. The molecule has 7 nitrogen and oxygen atoms in total. The number of benzene rings is 2. The van der Waals surface area contributed by atoms with Crippen molar-refractivity contribution < 1.29 is 13.5 Å². The zero-order valence-electron chi connectivity index (χ0n) is 14.5. The third-order valence-corrected chi connectivity index (χ3v) is 3.74. The van der Waals surface area contributed by atoms with E-state index in [1.165, 1.54) is 6.07 Å². The van der Waals surface area contributed by atoms with Crippen molar-refractivity contribution in [3.8, 4) is 23.1 Å². The van der Waals surface area contributed by atoms with Crippen LogP contribution in [0.25, 0.3) is 11.3 Å². The predicted octanol–water partition coefficient (Wildman–Crippen LogP) is 3.04. The monoisotopic (exact) mass is 381 g/mol. The molecular weight excluding hydrogens is 368 g/mol. The van der Waals surface area contributed by atoms with Gasteiger partial charge in [0.15, 0.2) is 17.4 Å². The second-order valence-electron chi connectivity index (χ2n) is 5.47. The van der Waals surface area contributed by atoms with E-state index >= 15 is 0 Å². The Labute approximate surface area is 157 Å². The molecule has 0 saturated heterocycles. The van der Waals surface area contributed by atoms with Gasteiger partial charge in [0.05, 0.1) is 19.0 Å². The van der Waals surface area contributed by atoms with E-state index in [-0.39, 0.29) is 22.8 Å². The highest BCUT2D eigenvalue weighted by Gasteiger charge is 2.14. The van der Waals surface area contributed by atoms with Crippen LogP contribution in [-0.2, 0) is 0 Å². The minimum Gasteiger partial charge on any atom is -0.491 e. The van der Waals surface area contributed by atoms with E-state index in [1.807, 2.05) is 6.07 Å². The van der Waals surface area contributed by atoms with Gasteiger partial charge in [-0.3, -0.25) is 9.78 Å². The van der Waals surface area contributed by atoms with Gasteiger partial charge >= 0.3 is 0 Å². The number of hydrogen-bond donors (Lipinski definition) is 2. The molecule has 0 fully saturated rings. The molecule has 3 rings (SSSR count). The van der Waals surface area contributed by atoms with E-state index in [0.717, 1.165) is 19.4 Å². The molecule has 140 valence electrons. The van der Waals surface area contributed by atoms with E-state index in [4.69, 9.17) is 0 Å². The molecular formula is C19H13F2N5O2. The fourth-order valence-electron chi connectivity index (χ4n) is 2.43. The summed E-state index contributed by atoms with van der Waals surface area (Å²) >= 11 is 0. The molecule has 2 aromatic carbocycles. The molecule has 0 bridgehead atoms. The summed E-state index contributed by atoms with van der Waals surface area (Å²) in [4.78, 5) is 18.7. The summed E-state index contributed by atoms with van der Waals surface area (Å²) < 4.78 is 32.2. The average molecular weight is 381 g/mol. The number of nitrogens with zero attached hydrogens (tertiary/aromatic N) is 3. The molecule has 28 heavy (non-hydrogen) atoms. The van der Waals surface area contributed by atoms with Gasteiger partial charge in [0.1, 0.15) is 11.6 Å². The quantitative estimate of drug-likeness (QED) is 0.522. The Hall–Kier alpha value is -4.06. The second-order valence-corrected chi connectivity index (χ2v) is 5.47. The normalized spacial score (nSPS) is 10.6. The van der Waals surface area contributed by atoms with Gasteiger partial charge in [0, 0.05) is 11.1 Å². The number of nitrogens with one attached hydrogen (secondary N) is 2. The van der Waals surface area contributed by atoms with E-state index < -0.39 is 22.9 Å². The first-order chi connectivity index (χ1) is 13.5. The first-order valence-electron chi connectivity index (χ1n) is 7.96. The number of nitriles is 1. The SMILES string of the molecule is COc1c(F)ccc(C=NNc2nc(-c3ccccc3)c(C#N)c(=O)[nH]2)c1F. The smallest absolute Gasteiger partial charge is 0.270 e. The zero-order valence-corrected chi connectivity index (χ0v) is 14.5. The maximum absolute atomic E-state index is 14.1. The number of aromatic nitrogens is 2. The van der Waals surface area contributed by atoms with Gasteiger partial charge in [-0.05, 0) is 12.1 Å². The molecule has 1 aromatic heterocycles. The van der Waals surface area contributed by atoms with Crippen molar-refractivity contribution >= 4 is 12.2 Å². The van der Waals surface area contributed by atoms with Crippen molar-refractivity contribution in [1.29, 1.82) is 5.26 Å². The van der Waals surface area contributed by atoms with Gasteiger partial charge < -0.3 is 4.74 Å². The van der Waals surface area contributed by atoms with Gasteiger partial charge in [-0.2, -0.15) is 10.4 Å². The molecule has 0 aliphatic rings. The molecule has 3 aromatic rings. The minimum absolute atomic E-state index is 0.0370. The number of rotatable bonds is 5. The van der Waals surface area contributed by atoms with Crippen molar-refractivity contribution in [3.05, 3.63) is 75.6 Å².